The van der Waals surface area contributed by atoms with Crippen LogP contribution in [0.1, 0.15) is 92.1 Å². The number of benzene rings is 2. The van der Waals surface area contributed by atoms with Gasteiger partial charge in [-0.25, -0.2) is 19.2 Å². The Labute approximate surface area is 200 Å². The van der Waals surface area contributed by atoms with Crippen LogP contribution in [0, 0.1) is 0 Å². The number of halogens is 2. The molecule has 0 bridgehead atoms. The largest absolute Gasteiger partial charge is 0.478 e. The molecule has 0 saturated heterocycles. The Balaban J connectivity index is 3.27. The lowest BCUT2D eigenvalue weighted by molar-refractivity contribution is 0.0673. The molecule has 0 amide bonds. The Kier molecular flexibility index (Phi) is 8.41. The van der Waals surface area contributed by atoms with E-state index < -0.39 is 56.9 Å². The summed E-state index contributed by atoms with van der Waals surface area (Å²) in [5, 5.41) is 39.0. The summed E-state index contributed by atoms with van der Waals surface area (Å²) in [7, 11) is 0. The molecule has 0 radical (unpaired) electrons. The van der Waals surface area contributed by atoms with Crippen LogP contribution in [0.5, 0.6) is 0 Å². The topological polar surface area (TPSA) is 149 Å². The molecular weight excluding hydrogens is 552 g/mol. The predicted molar refractivity (Wildman–Crippen MR) is 124 cm³/mol. The Hall–Kier alpha value is -2.46. The number of carboxylic acids is 4. The number of aromatic carboxylic acids is 4. The van der Waals surface area contributed by atoms with Crippen LogP contribution in [0.15, 0.2) is 8.95 Å². The maximum atomic E-state index is 12.4. The molecular formula is C22H22Br2O8. The molecule has 0 spiro atoms. The second-order valence-corrected chi connectivity index (χ2v) is 8.81. The van der Waals surface area contributed by atoms with Crippen molar-refractivity contribution >= 4 is 66.5 Å². The van der Waals surface area contributed by atoms with Crippen LogP contribution >= 0.6 is 31.9 Å². The molecule has 0 aromatic heterocycles. The standard InChI is InChI=1S/C22H22Br2O8/c1-3-5-6-7-8-10-12(20(27)28)14-13(16(18(10)24)22(31)32)11(19(25)26)9(4-2)17(23)15(14)21(29)30/h3-8H2,1-2H3,(H,25,26)(H,27,28)(H,29,30)(H,31,32). The molecule has 0 aliphatic heterocycles. The van der Waals surface area contributed by atoms with Crippen molar-refractivity contribution in [3.05, 3.63) is 42.3 Å². The first-order chi connectivity index (χ1) is 15.0. The molecule has 172 valence electrons. The van der Waals surface area contributed by atoms with E-state index in [0.717, 1.165) is 19.3 Å². The van der Waals surface area contributed by atoms with E-state index in [-0.39, 0.29) is 32.9 Å². The van der Waals surface area contributed by atoms with Gasteiger partial charge in [-0.3, -0.25) is 0 Å². The van der Waals surface area contributed by atoms with Crippen LogP contribution in [0.25, 0.3) is 10.8 Å². The highest BCUT2D eigenvalue weighted by Gasteiger charge is 2.34. The van der Waals surface area contributed by atoms with Gasteiger partial charge in [-0.15, -0.1) is 0 Å². The third-order valence-electron chi connectivity index (χ3n) is 5.31. The molecule has 0 aliphatic rings. The van der Waals surface area contributed by atoms with Gasteiger partial charge in [0.15, 0.2) is 0 Å². The summed E-state index contributed by atoms with van der Waals surface area (Å²) in [5.41, 5.74) is -1.56. The number of carboxylic acid groups (broad SMARTS) is 4. The highest BCUT2D eigenvalue weighted by molar-refractivity contribution is 9.11. The zero-order valence-electron chi connectivity index (χ0n) is 17.4. The summed E-state index contributed by atoms with van der Waals surface area (Å²) in [6, 6.07) is 0. The van der Waals surface area contributed by atoms with Crippen LogP contribution in [-0.4, -0.2) is 44.3 Å². The van der Waals surface area contributed by atoms with Crippen LogP contribution in [-0.2, 0) is 12.8 Å². The van der Waals surface area contributed by atoms with E-state index in [1.165, 1.54) is 0 Å². The summed E-state index contributed by atoms with van der Waals surface area (Å²) in [4.78, 5) is 49.0. The summed E-state index contributed by atoms with van der Waals surface area (Å²) in [5.74, 6) is -5.93. The summed E-state index contributed by atoms with van der Waals surface area (Å²) in [6.45, 7) is 3.60. The molecule has 0 saturated carbocycles. The monoisotopic (exact) mass is 572 g/mol. The molecule has 0 atom stereocenters. The molecule has 2 rings (SSSR count). The molecule has 0 aliphatic carbocycles. The predicted octanol–water partition coefficient (Wildman–Crippen LogP) is 5.84. The van der Waals surface area contributed by atoms with E-state index in [2.05, 4.69) is 31.9 Å². The first-order valence-corrected chi connectivity index (χ1v) is 11.5. The van der Waals surface area contributed by atoms with E-state index in [1.807, 2.05) is 6.92 Å². The van der Waals surface area contributed by atoms with Gasteiger partial charge in [0.05, 0.1) is 22.3 Å². The first kappa shape index (κ1) is 25.8. The van der Waals surface area contributed by atoms with Gasteiger partial charge in [0.25, 0.3) is 0 Å². The van der Waals surface area contributed by atoms with Gasteiger partial charge in [0.2, 0.25) is 0 Å². The third-order valence-corrected chi connectivity index (χ3v) is 7.06. The van der Waals surface area contributed by atoms with Gasteiger partial charge in [-0.05, 0) is 62.2 Å². The Bertz CT molecular complexity index is 1140. The number of unbranched alkanes of at least 4 members (excludes halogenated alkanes) is 3. The van der Waals surface area contributed by atoms with Crippen LogP contribution in [0.3, 0.4) is 0 Å². The average molecular weight is 574 g/mol. The van der Waals surface area contributed by atoms with E-state index >= 15 is 0 Å². The van der Waals surface area contributed by atoms with Crippen molar-refractivity contribution in [1.29, 1.82) is 0 Å². The molecule has 4 N–H and O–H groups in total. The molecule has 0 fully saturated rings. The lowest BCUT2D eigenvalue weighted by atomic mass is 9.84. The summed E-state index contributed by atoms with van der Waals surface area (Å²) >= 11 is 6.35. The molecule has 32 heavy (non-hydrogen) atoms. The van der Waals surface area contributed by atoms with Crippen molar-refractivity contribution in [2.45, 2.75) is 52.4 Å². The van der Waals surface area contributed by atoms with Crippen molar-refractivity contribution in [3.63, 3.8) is 0 Å². The minimum absolute atomic E-state index is 0.0467. The van der Waals surface area contributed by atoms with Crippen LogP contribution in [0.4, 0.5) is 0 Å². The normalized spacial score (nSPS) is 11.0. The molecule has 2 aromatic rings. The Morgan fingerprint density at radius 1 is 0.625 bits per heavy atom. The minimum Gasteiger partial charge on any atom is -0.478 e. The molecule has 0 heterocycles. The van der Waals surface area contributed by atoms with E-state index in [1.54, 1.807) is 6.92 Å². The zero-order valence-corrected chi connectivity index (χ0v) is 20.6. The number of rotatable bonds is 10. The minimum atomic E-state index is -1.49. The number of carbonyl (C=O) groups is 4. The van der Waals surface area contributed by atoms with Gasteiger partial charge < -0.3 is 20.4 Å². The maximum absolute atomic E-state index is 12.4. The maximum Gasteiger partial charge on any atom is 0.337 e. The highest BCUT2D eigenvalue weighted by atomic mass is 79.9. The van der Waals surface area contributed by atoms with Gasteiger partial charge in [-0.1, -0.05) is 33.1 Å². The second-order valence-electron chi connectivity index (χ2n) is 7.22. The first-order valence-electron chi connectivity index (χ1n) is 9.96. The smallest absolute Gasteiger partial charge is 0.337 e. The van der Waals surface area contributed by atoms with Gasteiger partial charge >= 0.3 is 23.9 Å². The fourth-order valence-corrected chi connectivity index (χ4v) is 5.57. The average Bonchev–Trinajstić information content (AvgIpc) is 2.69. The van der Waals surface area contributed by atoms with E-state index in [0.29, 0.717) is 6.42 Å². The lowest BCUT2D eigenvalue weighted by Crippen LogP contribution is -2.18. The zero-order chi connectivity index (χ0) is 24.3. The molecule has 2 aromatic carbocycles. The summed E-state index contributed by atoms with van der Waals surface area (Å²) < 4.78 is -0.120. The van der Waals surface area contributed by atoms with Gasteiger partial charge in [-0.2, -0.15) is 0 Å². The molecule has 8 nitrogen and oxygen atoms in total. The molecule has 10 heteroatoms. The fourth-order valence-electron chi connectivity index (χ4n) is 3.96. The number of hydrogen-bond donors (Lipinski definition) is 4. The Morgan fingerprint density at radius 3 is 1.41 bits per heavy atom. The van der Waals surface area contributed by atoms with Gasteiger partial charge in [0, 0.05) is 19.7 Å². The van der Waals surface area contributed by atoms with Crippen molar-refractivity contribution in [2.24, 2.45) is 0 Å². The van der Waals surface area contributed by atoms with Crippen LogP contribution in [0.2, 0.25) is 0 Å². The van der Waals surface area contributed by atoms with Crippen molar-refractivity contribution < 1.29 is 39.6 Å². The fraction of sp³-hybridized carbons (Fsp3) is 0.364. The second kappa shape index (κ2) is 10.4. The number of fused-ring (bicyclic) bond motifs is 1. The quantitative estimate of drug-likeness (QED) is 0.259. The van der Waals surface area contributed by atoms with Crippen LogP contribution < -0.4 is 0 Å². The van der Waals surface area contributed by atoms with E-state index in [4.69, 9.17) is 0 Å². The van der Waals surface area contributed by atoms with Crippen molar-refractivity contribution in [3.8, 4) is 0 Å². The van der Waals surface area contributed by atoms with Crippen molar-refractivity contribution in [1.82, 2.24) is 0 Å². The molecule has 0 unspecified atom stereocenters. The number of hydrogen-bond acceptors (Lipinski definition) is 4. The highest BCUT2D eigenvalue weighted by Crippen LogP contribution is 2.43. The SMILES string of the molecule is CCCCCCc1c(Br)c(C(=O)O)c2c(C(=O)O)c(CC)c(Br)c(C(=O)O)c2c1C(=O)O. The Morgan fingerprint density at radius 2 is 1.03 bits per heavy atom. The van der Waals surface area contributed by atoms with Crippen molar-refractivity contribution in [2.75, 3.05) is 0 Å². The lowest BCUT2D eigenvalue weighted by Gasteiger charge is -2.22. The summed E-state index contributed by atoms with van der Waals surface area (Å²) in [6.07, 6.45) is 3.42. The third kappa shape index (κ3) is 4.52. The van der Waals surface area contributed by atoms with Gasteiger partial charge in [0.1, 0.15) is 0 Å². The van der Waals surface area contributed by atoms with E-state index in [9.17, 15) is 39.6 Å².